The van der Waals surface area contributed by atoms with Crippen molar-refractivity contribution in [3.05, 3.63) is 92.9 Å². The van der Waals surface area contributed by atoms with Gasteiger partial charge in [0.1, 0.15) is 0 Å². The molecule has 0 unspecified atom stereocenters. The van der Waals surface area contributed by atoms with Gasteiger partial charge in [-0.1, -0.05) is 75.3 Å². The Morgan fingerprint density at radius 3 is 2.64 bits per heavy atom. The minimum Gasteiger partial charge on any atom is -0.279 e. The lowest BCUT2D eigenvalue weighted by atomic mass is 10.1. The third kappa shape index (κ3) is 3.97. The van der Waals surface area contributed by atoms with Gasteiger partial charge in [-0.15, -0.1) is 0 Å². The largest absolute Gasteiger partial charge is 0.279 e. The monoisotopic (exact) mass is 470 g/mol. The molecule has 0 aliphatic rings. The molecule has 28 heavy (non-hydrogen) atoms. The predicted octanol–water partition coefficient (Wildman–Crippen LogP) is 6.87. The van der Waals surface area contributed by atoms with Gasteiger partial charge in [-0.2, -0.15) is 0 Å². The Kier molecular flexibility index (Phi) is 5.49. The van der Waals surface area contributed by atoms with Crippen LogP contribution in [0.3, 0.4) is 0 Å². The third-order valence-electron chi connectivity index (χ3n) is 4.37. The van der Waals surface area contributed by atoms with Crippen LogP contribution in [0.1, 0.15) is 21.5 Å². The number of carbonyl (C=O) groups is 1. The Morgan fingerprint density at radius 2 is 1.89 bits per heavy atom. The summed E-state index contributed by atoms with van der Waals surface area (Å²) in [5.74, 6) is -0.0899. The topological polar surface area (TPSA) is 33.2 Å². The molecular weight excluding hydrogens is 456 g/mol. The maximum atomic E-state index is 13.4. The molecular formula is C22H16BrClN2OS. The number of benzene rings is 3. The van der Waals surface area contributed by atoms with Crippen LogP contribution in [0.4, 0.5) is 5.13 Å². The van der Waals surface area contributed by atoms with E-state index in [0.717, 1.165) is 25.8 Å². The van der Waals surface area contributed by atoms with Crippen molar-refractivity contribution in [2.45, 2.75) is 13.5 Å². The van der Waals surface area contributed by atoms with Gasteiger partial charge in [0.2, 0.25) is 0 Å². The molecule has 0 radical (unpaired) electrons. The van der Waals surface area contributed by atoms with Crippen LogP contribution >= 0.6 is 38.9 Å². The molecule has 6 heteroatoms. The maximum Gasteiger partial charge on any atom is 0.260 e. The molecule has 1 heterocycles. The van der Waals surface area contributed by atoms with Crippen molar-refractivity contribution < 1.29 is 4.79 Å². The number of aromatic nitrogens is 1. The fourth-order valence-electron chi connectivity index (χ4n) is 3.03. The van der Waals surface area contributed by atoms with Crippen LogP contribution in [0.15, 0.2) is 71.2 Å². The summed E-state index contributed by atoms with van der Waals surface area (Å²) in [6.07, 6.45) is 0. The zero-order valence-electron chi connectivity index (χ0n) is 15.0. The number of hydrogen-bond donors (Lipinski definition) is 0. The van der Waals surface area contributed by atoms with Crippen molar-refractivity contribution in [3.63, 3.8) is 0 Å². The Morgan fingerprint density at radius 1 is 1.11 bits per heavy atom. The van der Waals surface area contributed by atoms with E-state index in [0.29, 0.717) is 22.3 Å². The van der Waals surface area contributed by atoms with Crippen LogP contribution in [0.2, 0.25) is 5.02 Å². The number of aryl methyl sites for hydroxylation is 1. The zero-order valence-corrected chi connectivity index (χ0v) is 18.2. The number of halogens is 2. The van der Waals surface area contributed by atoms with Crippen molar-refractivity contribution >= 4 is 60.1 Å². The number of fused-ring (bicyclic) bond motifs is 1. The predicted molar refractivity (Wildman–Crippen MR) is 120 cm³/mol. The van der Waals surface area contributed by atoms with Gasteiger partial charge >= 0.3 is 0 Å². The zero-order chi connectivity index (χ0) is 19.7. The van der Waals surface area contributed by atoms with E-state index in [1.165, 1.54) is 11.3 Å². The number of rotatable bonds is 4. The number of hydrogen-bond acceptors (Lipinski definition) is 3. The van der Waals surface area contributed by atoms with E-state index < -0.39 is 0 Å². The summed E-state index contributed by atoms with van der Waals surface area (Å²) in [4.78, 5) is 19.9. The molecule has 0 fully saturated rings. The standard InChI is InChI=1S/C22H16BrClN2OS/c1-14-10-18(24)12-19-20(14)25-22(28-19)26(13-15-6-3-2-4-7-15)21(27)16-8-5-9-17(23)11-16/h2-12H,13H2,1H3. The molecule has 0 atom stereocenters. The quantitative estimate of drug-likeness (QED) is 0.325. The molecule has 1 amide bonds. The first-order valence-corrected chi connectivity index (χ1v) is 10.7. The number of carbonyl (C=O) groups excluding carboxylic acids is 1. The highest BCUT2D eigenvalue weighted by Gasteiger charge is 2.22. The highest BCUT2D eigenvalue weighted by Crippen LogP contribution is 2.34. The van der Waals surface area contributed by atoms with Gasteiger partial charge in [-0.25, -0.2) is 4.98 Å². The van der Waals surface area contributed by atoms with E-state index in [1.54, 1.807) is 4.90 Å². The Balaban J connectivity index is 1.80. The SMILES string of the molecule is Cc1cc(Cl)cc2sc(N(Cc3ccccc3)C(=O)c3cccc(Br)c3)nc12. The maximum absolute atomic E-state index is 13.4. The number of anilines is 1. The molecule has 0 saturated heterocycles. The molecule has 0 aliphatic carbocycles. The first-order valence-electron chi connectivity index (χ1n) is 8.69. The van der Waals surface area contributed by atoms with Gasteiger partial charge in [0.05, 0.1) is 16.8 Å². The van der Waals surface area contributed by atoms with E-state index in [9.17, 15) is 4.79 Å². The summed E-state index contributed by atoms with van der Waals surface area (Å²) in [7, 11) is 0. The Labute approximate surface area is 180 Å². The van der Waals surface area contributed by atoms with E-state index in [2.05, 4.69) is 15.9 Å². The lowest BCUT2D eigenvalue weighted by Crippen LogP contribution is -2.30. The van der Waals surface area contributed by atoms with Crippen molar-refractivity contribution in [1.29, 1.82) is 0 Å². The molecule has 0 aliphatic heterocycles. The van der Waals surface area contributed by atoms with Crippen LogP contribution < -0.4 is 4.90 Å². The molecule has 140 valence electrons. The second kappa shape index (κ2) is 8.03. The number of thiazole rings is 1. The van der Waals surface area contributed by atoms with Crippen molar-refractivity contribution in [1.82, 2.24) is 4.98 Å². The van der Waals surface area contributed by atoms with E-state index in [1.807, 2.05) is 73.7 Å². The Hall–Kier alpha value is -2.21. The van der Waals surface area contributed by atoms with Gasteiger partial charge in [0.15, 0.2) is 5.13 Å². The lowest BCUT2D eigenvalue weighted by Gasteiger charge is -2.20. The van der Waals surface area contributed by atoms with E-state index in [4.69, 9.17) is 16.6 Å². The minimum atomic E-state index is -0.0899. The van der Waals surface area contributed by atoms with Crippen LogP contribution in [-0.2, 0) is 6.54 Å². The summed E-state index contributed by atoms with van der Waals surface area (Å²) in [6, 6.07) is 21.1. The van der Waals surface area contributed by atoms with E-state index in [-0.39, 0.29) is 5.91 Å². The second-order valence-electron chi connectivity index (χ2n) is 6.45. The summed E-state index contributed by atoms with van der Waals surface area (Å²) >= 11 is 11.1. The molecule has 0 spiro atoms. The van der Waals surface area contributed by atoms with E-state index >= 15 is 0 Å². The molecule has 0 saturated carbocycles. The van der Waals surface area contributed by atoms with Crippen molar-refractivity contribution in [3.8, 4) is 0 Å². The number of amides is 1. The average Bonchev–Trinajstić information content (AvgIpc) is 3.10. The Bertz CT molecular complexity index is 1160. The summed E-state index contributed by atoms with van der Waals surface area (Å²) in [6.45, 7) is 2.42. The summed E-state index contributed by atoms with van der Waals surface area (Å²) in [5.41, 5.74) is 3.53. The van der Waals surface area contributed by atoms with Crippen LogP contribution in [0.25, 0.3) is 10.2 Å². The highest BCUT2D eigenvalue weighted by molar-refractivity contribution is 9.10. The molecule has 0 N–H and O–H groups in total. The first-order chi connectivity index (χ1) is 13.5. The van der Waals surface area contributed by atoms with Crippen LogP contribution in [0.5, 0.6) is 0 Å². The molecule has 3 nitrogen and oxygen atoms in total. The smallest absolute Gasteiger partial charge is 0.260 e. The molecule has 3 aromatic carbocycles. The molecule has 4 rings (SSSR count). The normalized spacial score (nSPS) is 11.0. The van der Waals surface area contributed by atoms with Gasteiger partial charge in [0, 0.05) is 15.1 Å². The molecule has 1 aromatic heterocycles. The van der Waals surface area contributed by atoms with Gasteiger partial charge < -0.3 is 0 Å². The fraction of sp³-hybridized carbons (Fsp3) is 0.0909. The first kappa shape index (κ1) is 19.1. The van der Waals surface area contributed by atoms with Crippen LogP contribution in [-0.4, -0.2) is 10.9 Å². The summed E-state index contributed by atoms with van der Waals surface area (Å²) in [5, 5.41) is 1.34. The second-order valence-corrected chi connectivity index (χ2v) is 8.81. The number of nitrogens with zero attached hydrogens (tertiary/aromatic N) is 2. The van der Waals surface area contributed by atoms with Gasteiger partial charge in [-0.05, 0) is 48.4 Å². The average molecular weight is 472 g/mol. The van der Waals surface area contributed by atoms with Crippen LogP contribution in [0, 0.1) is 6.92 Å². The minimum absolute atomic E-state index is 0.0899. The molecule has 0 bridgehead atoms. The third-order valence-corrected chi connectivity index (χ3v) is 6.11. The van der Waals surface area contributed by atoms with Gasteiger partial charge in [-0.3, -0.25) is 9.69 Å². The van der Waals surface area contributed by atoms with Crippen molar-refractivity contribution in [2.24, 2.45) is 0 Å². The van der Waals surface area contributed by atoms with Crippen molar-refractivity contribution in [2.75, 3.05) is 4.90 Å². The molecule has 4 aromatic rings. The fourth-order valence-corrected chi connectivity index (χ4v) is 4.84. The highest BCUT2D eigenvalue weighted by atomic mass is 79.9. The lowest BCUT2D eigenvalue weighted by molar-refractivity contribution is 0.0985. The van der Waals surface area contributed by atoms with Gasteiger partial charge in [0.25, 0.3) is 5.91 Å². The summed E-state index contributed by atoms with van der Waals surface area (Å²) < 4.78 is 1.84.